The van der Waals surface area contributed by atoms with Crippen LogP contribution in [0.3, 0.4) is 0 Å². The highest BCUT2D eigenvalue weighted by Crippen LogP contribution is 2.30. The van der Waals surface area contributed by atoms with Gasteiger partial charge in [-0.3, -0.25) is 14.2 Å². The van der Waals surface area contributed by atoms with E-state index < -0.39 is 0 Å². The summed E-state index contributed by atoms with van der Waals surface area (Å²) in [6, 6.07) is 17.5. The number of nitrogens with two attached hydrogens (primary N) is 1. The van der Waals surface area contributed by atoms with Crippen molar-refractivity contribution in [2.24, 2.45) is 11.7 Å². The van der Waals surface area contributed by atoms with Crippen molar-refractivity contribution in [1.29, 1.82) is 0 Å². The minimum Gasteiger partial charge on any atom is -0.369 e. The molecule has 0 bridgehead atoms. The molecule has 7 nitrogen and oxygen atoms in total. The Labute approximate surface area is 202 Å². The molecule has 1 aliphatic rings. The van der Waals surface area contributed by atoms with Gasteiger partial charge in [0.25, 0.3) is 0 Å². The highest BCUT2D eigenvalue weighted by atomic mass is 35.5. The van der Waals surface area contributed by atoms with Crippen LogP contribution < -0.4 is 5.73 Å². The topological polar surface area (TPSA) is 94.1 Å². The number of hydrogen-bond acceptors (Lipinski definition) is 5. The van der Waals surface area contributed by atoms with E-state index in [-0.39, 0.29) is 23.0 Å². The van der Waals surface area contributed by atoms with Crippen LogP contribution >= 0.6 is 23.4 Å². The molecule has 0 saturated carbocycles. The van der Waals surface area contributed by atoms with Crippen LogP contribution in [0.15, 0.2) is 59.8 Å². The lowest BCUT2D eigenvalue weighted by molar-refractivity contribution is -0.134. The number of hydrogen-bond donors (Lipinski definition) is 1. The van der Waals surface area contributed by atoms with E-state index in [2.05, 4.69) is 10.2 Å². The third-order valence-electron chi connectivity index (χ3n) is 5.77. The first-order valence-electron chi connectivity index (χ1n) is 10.9. The van der Waals surface area contributed by atoms with Crippen molar-refractivity contribution in [3.8, 4) is 11.4 Å². The molecule has 2 aromatic carbocycles. The lowest BCUT2D eigenvalue weighted by Crippen LogP contribution is -2.46. The van der Waals surface area contributed by atoms with Gasteiger partial charge in [0.05, 0.1) is 17.7 Å². The van der Waals surface area contributed by atoms with E-state index >= 15 is 0 Å². The van der Waals surface area contributed by atoms with Crippen molar-refractivity contribution >= 4 is 35.2 Å². The van der Waals surface area contributed by atoms with Crippen molar-refractivity contribution in [1.82, 2.24) is 19.7 Å². The Hall–Kier alpha value is -2.84. The summed E-state index contributed by atoms with van der Waals surface area (Å²) in [5, 5.41) is 9.78. The van der Waals surface area contributed by atoms with Gasteiger partial charge in [-0.05, 0) is 49.6 Å². The second kappa shape index (κ2) is 10.4. The molecule has 0 spiro atoms. The van der Waals surface area contributed by atoms with Gasteiger partial charge in [0.1, 0.15) is 0 Å². The maximum absolute atomic E-state index is 13.1. The number of nitrogens with zero attached hydrogens (tertiary/aromatic N) is 4. The maximum Gasteiger partial charge on any atom is 0.235 e. The van der Waals surface area contributed by atoms with Crippen molar-refractivity contribution in [3.05, 3.63) is 65.2 Å². The molecule has 0 aliphatic carbocycles. The Bertz CT molecular complexity index is 1120. The van der Waals surface area contributed by atoms with Crippen molar-refractivity contribution in [2.45, 2.75) is 36.7 Å². The largest absolute Gasteiger partial charge is 0.369 e. The number of rotatable bonds is 7. The van der Waals surface area contributed by atoms with Crippen LogP contribution in [0.5, 0.6) is 0 Å². The molecule has 0 radical (unpaired) electrons. The molecule has 172 valence electrons. The zero-order valence-corrected chi connectivity index (χ0v) is 19.9. The quantitative estimate of drug-likeness (QED) is 0.515. The summed E-state index contributed by atoms with van der Waals surface area (Å²) >= 11 is 7.44. The Morgan fingerprint density at radius 2 is 1.88 bits per heavy atom. The van der Waals surface area contributed by atoms with Gasteiger partial charge in [-0.1, -0.05) is 53.7 Å². The van der Waals surface area contributed by atoms with E-state index in [1.807, 2.05) is 66.1 Å². The number of halogens is 1. The first-order valence-corrected chi connectivity index (χ1v) is 12.2. The van der Waals surface area contributed by atoms with Gasteiger partial charge in [0, 0.05) is 23.7 Å². The van der Waals surface area contributed by atoms with Gasteiger partial charge in [-0.25, -0.2) is 0 Å². The lowest BCUT2D eigenvalue weighted by atomic mass is 9.97. The molecule has 33 heavy (non-hydrogen) atoms. The number of amides is 2. The molecule has 1 aliphatic heterocycles. The number of benzene rings is 2. The molecule has 2 unspecified atom stereocenters. The van der Waals surface area contributed by atoms with Gasteiger partial charge < -0.3 is 10.6 Å². The molecular weight excluding hydrogens is 458 g/mol. The van der Waals surface area contributed by atoms with Crippen molar-refractivity contribution in [2.75, 3.05) is 13.1 Å². The zero-order chi connectivity index (χ0) is 23.4. The fourth-order valence-electron chi connectivity index (χ4n) is 3.97. The monoisotopic (exact) mass is 483 g/mol. The maximum atomic E-state index is 13.1. The summed E-state index contributed by atoms with van der Waals surface area (Å²) in [5.74, 6) is 0.0684. The van der Waals surface area contributed by atoms with Crippen LogP contribution in [-0.4, -0.2) is 49.8 Å². The number of primary amides is 1. The van der Waals surface area contributed by atoms with Gasteiger partial charge in [0.15, 0.2) is 11.0 Å². The van der Waals surface area contributed by atoms with Gasteiger partial charge >= 0.3 is 0 Å². The van der Waals surface area contributed by atoms with E-state index in [1.54, 1.807) is 4.90 Å². The Morgan fingerprint density at radius 1 is 1.15 bits per heavy atom. The molecule has 2 amide bonds. The molecule has 2 heterocycles. The summed E-state index contributed by atoms with van der Waals surface area (Å²) in [4.78, 5) is 26.5. The predicted octanol–water partition coefficient (Wildman–Crippen LogP) is 3.85. The van der Waals surface area contributed by atoms with Crippen LogP contribution in [-0.2, 0) is 16.1 Å². The van der Waals surface area contributed by atoms with Crippen LogP contribution in [0.25, 0.3) is 11.4 Å². The second-order valence-electron chi connectivity index (χ2n) is 8.17. The average molecular weight is 484 g/mol. The predicted molar refractivity (Wildman–Crippen MR) is 130 cm³/mol. The zero-order valence-electron chi connectivity index (χ0n) is 18.4. The fraction of sp³-hybridized carbons (Fsp3) is 0.333. The summed E-state index contributed by atoms with van der Waals surface area (Å²) in [5.41, 5.74) is 7.48. The summed E-state index contributed by atoms with van der Waals surface area (Å²) in [7, 11) is 0. The van der Waals surface area contributed by atoms with E-state index in [1.165, 1.54) is 11.8 Å². The van der Waals surface area contributed by atoms with Crippen molar-refractivity contribution < 1.29 is 9.59 Å². The number of likely N-dealkylation sites (tertiary alicyclic amines) is 1. The molecule has 1 saturated heterocycles. The van der Waals surface area contributed by atoms with E-state index in [4.69, 9.17) is 17.3 Å². The minimum atomic E-state index is -0.381. The normalized spacial score (nSPS) is 17.0. The molecule has 1 aromatic heterocycles. The first kappa shape index (κ1) is 23.3. The number of carbonyl (C=O) groups excluding carboxylic acids is 2. The van der Waals surface area contributed by atoms with E-state index in [0.29, 0.717) is 35.6 Å². The third kappa shape index (κ3) is 5.57. The first-order chi connectivity index (χ1) is 15.9. The number of thioether (sulfide) groups is 1. The highest BCUT2D eigenvalue weighted by Gasteiger charge is 2.30. The number of aromatic nitrogens is 3. The van der Waals surface area contributed by atoms with Crippen LogP contribution in [0.4, 0.5) is 0 Å². The van der Waals surface area contributed by atoms with Crippen LogP contribution in [0.1, 0.15) is 25.3 Å². The van der Waals surface area contributed by atoms with E-state index in [9.17, 15) is 9.59 Å². The van der Waals surface area contributed by atoms with Gasteiger partial charge in [-0.2, -0.15) is 0 Å². The molecule has 2 atom stereocenters. The highest BCUT2D eigenvalue weighted by molar-refractivity contribution is 8.00. The Balaban J connectivity index is 1.58. The van der Waals surface area contributed by atoms with Gasteiger partial charge in [-0.15, -0.1) is 10.2 Å². The summed E-state index contributed by atoms with van der Waals surface area (Å²) in [6.45, 7) is 3.46. The van der Waals surface area contributed by atoms with E-state index in [0.717, 1.165) is 24.0 Å². The fourth-order valence-corrected chi connectivity index (χ4v) is 5.03. The summed E-state index contributed by atoms with van der Waals surface area (Å²) < 4.78 is 2.02. The average Bonchev–Trinajstić information content (AvgIpc) is 3.21. The summed E-state index contributed by atoms with van der Waals surface area (Å²) in [6.07, 6.45) is 1.51. The molecule has 9 heteroatoms. The minimum absolute atomic E-state index is 0.0201. The second-order valence-corrected chi connectivity index (χ2v) is 9.92. The molecule has 4 rings (SSSR count). The molecule has 2 N–H and O–H groups in total. The van der Waals surface area contributed by atoms with Crippen LogP contribution in [0, 0.1) is 5.92 Å². The SMILES string of the molecule is CC(Sc1nnc(-c2ccc(Cl)cc2)n1Cc1ccccc1)C(=O)N1CCCC(C(N)=O)C1. The number of carbonyl (C=O) groups is 2. The molecular formula is C24H26ClN5O2S. The Kier molecular flexibility index (Phi) is 7.35. The van der Waals surface area contributed by atoms with Crippen molar-refractivity contribution in [3.63, 3.8) is 0 Å². The lowest BCUT2D eigenvalue weighted by Gasteiger charge is -2.32. The van der Waals surface area contributed by atoms with Crippen LogP contribution in [0.2, 0.25) is 5.02 Å². The smallest absolute Gasteiger partial charge is 0.235 e. The standard InChI is InChI=1S/C24H26ClN5O2S/c1-16(23(32)29-13-5-8-19(15-29)21(26)31)33-24-28-27-22(18-9-11-20(25)12-10-18)30(24)14-17-6-3-2-4-7-17/h2-4,6-7,9-12,16,19H,5,8,13-15H2,1H3,(H2,26,31). The molecule has 1 fully saturated rings. The Morgan fingerprint density at radius 3 is 2.58 bits per heavy atom. The number of piperidine rings is 1. The third-order valence-corrected chi connectivity index (χ3v) is 7.09. The van der Waals surface area contributed by atoms with Gasteiger partial charge in [0.2, 0.25) is 11.8 Å². The molecule has 3 aromatic rings.